The van der Waals surface area contributed by atoms with Gasteiger partial charge in [-0.05, 0) is 25.3 Å². The van der Waals surface area contributed by atoms with Gasteiger partial charge in [-0.25, -0.2) is 9.89 Å². The minimum absolute atomic E-state index is 0.0864. The van der Waals surface area contributed by atoms with Gasteiger partial charge in [0.2, 0.25) is 0 Å². The minimum atomic E-state index is -1.01. The Kier molecular flexibility index (Phi) is 3.62. The van der Waals surface area contributed by atoms with Gasteiger partial charge in [0.1, 0.15) is 6.04 Å². The van der Waals surface area contributed by atoms with Crippen molar-refractivity contribution in [3.05, 3.63) is 40.3 Å². The van der Waals surface area contributed by atoms with Crippen molar-refractivity contribution in [1.29, 1.82) is 0 Å². The highest BCUT2D eigenvalue weighted by atomic mass is 16.4. The lowest BCUT2D eigenvalue weighted by atomic mass is 10.0. The average Bonchev–Trinajstić information content (AvgIpc) is 2.55. The fourth-order valence-electron chi connectivity index (χ4n) is 2.85. The molecule has 7 nitrogen and oxygen atoms in total. The summed E-state index contributed by atoms with van der Waals surface area (Å²) in [4.78, 5) is 37.2. The molecule has 1 amide bonds. The molecule has 1 saturated heterocycles. The van der Waals surface area contributed by atoms with Crippen LogP contribution in [0.4, 0.5) is 0 Å². The van der Waals surface area contributed by atoms with E-state index in [1.54, 1.807) is 24.3 Å². The molecule has 3 rings (SSSR count). The van der Waals surface area contributed by atoms with Gasteiger partial charge in [-0.1, -0.05) is 18.2 Å². The quantitative estimate of drug-likeness (QED) is 0.861. The summed E-state index contributed by atoms with van der Waals surface area (Å²) in [5.74, 6) is -1.47. The molecule has 1 aromatic carbocycles. The van der Waals surface area contributed by atoms with Crippen molar-refractivity contribution in [3.63, 3.8) is 0 Å². The topological polar surface area (TPSA) is 103 Å². The minimum Gasteiger partial charge on any atom is -0.480 e. The van der Waals surface area contributed by atoms with Crippen molar-refractivity contribution in [2.24, 2.45) is 0 Å². The second-order valence-electron chi connectivity index (χ2n) is 5.30. The highest BCUT2D eigenvalue weighted by molar-refractivity contribution is 6.05. The van der Waals surface area contributed by atoms with E-state index in [-0.39, 0.29) is 11.3 Å². The number of rotatable bonds is 2. The standard InChI is InChI=1S/C15H15N3O4/c19-13-10-6-2-1-5-9(10)12(16-17-13)14(20)18-8-4-3-7-11(18)15(21)22/h1-2,5-6,11H,3-4,7-8H2,(H,17,19)(H,21,22)/t11-/m0/s1. The first-order valence-electron chi connectivity index (χ1n) is 7.11. The van der Waals surface area contributed by atoms with E-state index in [1.807, 2.05) is 0 Å². The van der Waals surface area contributed by atoms with Crippen LogP contribution in [0.25, 0.3) is 10.8 Å². The largest absolute Gasteiger partial charge is 0.480 e. The number of piperidine rings is 1. The van der Waals surface area contributed by atoms with Crippen LogP contribution < -0.4 is 5.56 Å². The van der Waals surface area contributed by atoms with E-state index in [4.69, 9.17) is 0 Å². The third kappa shape index (κ3) is 2.34. The van der Waals surface area contributed by atoms with Crippen LogP contribution >= 0.6 is 0 Å². The number of carboxylic acid groups (broad SMARTS) is 1. The maximum atomic E-state index is 12.7. The fraction of sp³-hybridized carbons (Fsp3) is 0.333. The summed E-state index contributed by atoms with van der Waals surface area (Å²) >= 11 is 0. The molecule has 0 bridgehead atoms. The van der Waals surface area contributed by atoms with Gasteiger partial charge in [-0.15, -0.1) is 0 Å². The van der Waals surface area contributed by atoms with Gasteiger partial charge in [0.25, 0.3) is 11.5 Å². The maximum absolute atomic E-state index is 12.7. The SMILES string of the molecule is O=C(O)[C@@H]1CCCCN1C(=O)c1n[nH]c(=O)c2ccccc12. The molecule has 0 aliphatic carbocycles. The zero-order valence-corrected chi connectivity index (χ0v) is 11.8. The first-order chi connectivity index (χ1) is 10.6. The third-order valence-electron chi connectivity index (χ3n) is 3.95. The number of H-pyrrole nitrogens is 1. The molecule has 22 heavy (non-hydrogen) atoms. The summed E-state index contributed by atoms with van der Waals surface area (Å²) in [7, 11) is 0. The summed E-state index contributed by atoms with van der Waals surface area (Å²) < 4.78 is 0. The van der Waals surface area contributed by atoms with Crippen molar-refractivity contribution in [1.82, 2.24) is 15.1 Å². The van der Waals surface area contributed by atoms with Gasteiger partial charge >= 0.3 is 5.97 Å². The smallest absolute Gasteiger partial charge is 0.326 e. The maximum Gasteiger partial charge on any atom is 0.326 e. The highest BCUT2D eigenvalue weighted by Gasteiger charge is 2.33. The second-order valence-corrected chi connectivity index (χ2v) is 5.30. The van der Waals surface area contributed by atoms with Gasteiger partial charge in [-0.3, -0.25) is 9.59 Å². The second kappa shape index (κ2) is 5.59. The number of nitrogens with one attached hydrogen (secondary N) is 1. The van der Waals surface area contributed by atoms with Gasteiger partial charge in [-0.2, -0.15) is 5.10 Å². The number of hydrogen-bond acceptors (Lipinski definition) is 4. The normalized spacial score (nSPS) is 18.4. The lowest BCUT2D eigenvalue weighted by Crippen LogP contribution is -2.48. The lowest BCUT2D eigenvalue weighted by molar-refractivity contribution is -0.143. The van der Waals surface area contributed by atoms with E-state index < -0.39 is 17.9 Å². The molecular formula is C15H15N3O4. The molecule has 1 aliphatic rings. The molecule has 0 radical (unpaired) electrons. The molecule has 1 atom stereocenters. The van der Waals surface area contributed by atoms with Gasteiger partial charge < -0.3 is 10.0 Å². The van der Waals surface area contributed by atoms with Crippen molar-refractivity contribution >= 4 is 22.6 Å². The molecule has 1 fully saturated rings. The molecule has 2 N–H and O–H groups in total. The summed E-state index contributed by atoms with van der Waals surface area (Å²) in [5, 5.41) is 16.3. The van der Waals surface area contributed by atoms with Crippen molar-refractivity contribution in [2.75, 3.05) is 6.54 Å². The number of carbonyl (C=O) groups excluding carboxylic acids is 1. The molecule has 2 heterocycles. The number of carbonyl (C=O) groups is 2. The monoisotopic (exact) mass is 301 g/mol. The Labute approximate surface area is 125 Å². The molecule has 114 valence electrons. The zero-order chi connectivity index (χ0) is 15.7. The van der Waals surface area contributed by atoms with E-state index in [0.29, 0.717) is 23.7 Å². The number of benzene rings is 1. The molecule has 1 aliphatic heterocycles. The first kappa shape index (κ1) is 14.2. The molecule has 7 heteroatoms. The highest BCUT2D eigenvalue weighted by Crippen LogP contribution is 2.21. The van der Waals surface area contributed by atoms with Crippen molar-refractivity contribution in [2.45, 2.75) is 25.3 Å². The lowest BCUT2D eigenvalue weighted by Gasteiger charge is -2.32. The van der Waals surface area contributed by atoms with Crippen LogP contribution in [0.2, 0.25) is 0 Å². The van der Waals surface area contributed by atoms with Crippen molar-refractivity contribution < 1.29 is 14.7 Å². The number of aromatic amines is 1. The molecule has 2 aromatic rings. The van der Waals surface area contributed by atoms with Crippen LogP contribution in [0.5, 0.6) is 0 Å². The molecule has 1 aromatic heterocycles. The van der Waals surface area contributed by atoms with Crippen LogP contribution in [-0.4, -0.2) is 44.7 Å². The molecule has 0 spiro atoms. The fourth-order valence-corrected chi connectivity index (χ4v) is 2.85. The summed E-state index contributed by atoms with van der Waals surface area (Å²) in [6.45, 7) is 0.380. The summed E-state index contributed by atoms with van der Waals surface area (Å²) in [6, 6.07) is 5.83. The van der Waals surface area contributed by atoms with E-state index in [1.165, 1.54) is 4.90 Å². The third-order valence-corrected chi connectivity index (χ3v) is 3.95. The predicted octanol–water partition coefficient (Wildman–Crippen LogP) is 1.00. The number of aromatic nitrogens is 2. The predicted molar refractivity (Wildman–Crippen MR) is 78.7 cm³/mol. The van der Waals surface area contributed by atoms with Gasteiger partial charge in [0.15, 0.2) is 5.69 Å². The molecule has 0 saturated carbocycles. The number of amides is 1. The van der Waals surface area contributed by atoms with Gasteiger partial charge in [0.05, 0.1) is 5.39 Å². The Morgan fingerprint density at radius 1 is 1.23 bits per heavy atom. The van der Waals surface area contributed by atoms with E-state index in [9.17, 15) is 19.5 Å². The first-order valence-corrected chi connectivity index (χ1v) is 7.11. The number of fused-ring (bicyclic) bond motifs is 1. The van der Waals surface area contributed by atoms with E-state index >= 15 is 0 Å². The van der Waals surface area contributed by atoms with Crippen LogP contribution in [0.1, 0.15) is 29.8 Å². The zero-order valence-electron chi connectivity index (χ0n) is 11.8. The van der Waals surface area contributed by atoms with Crippen LogP contribution in [0.15, 0.2) is 29.1 Å². The molecular weight excluding hydrogens is 286 g/mol. The summed E-state index contributed by atoms with van der Waals surface area (Å²) in [5.41, 5.74) is -0.288. The number of nitrogens with zero attached hydrogens (tertiary/aromatic N) is 2. The number of carboxylic acids is 1. The number of hydrogen-bond donors (Lipinski definition) is 2. The Morgan fingerprint density at radius 2 is 1.95 bits per heavy atom. The van der Waals surface area contributed by atoms with Crippen LogP contribution in [0, 0.1) is 0 Å². The number of aliphatic carboxylic acids is 1. The van der Waals surface area contributed by atoms with Crippen molar-refractivity contribution in [3.8, 4) is 0 Å². The van der Waals surface area contributed by atoms with Gasteiger partial charge in [0, 0.05) is 11.9 Å². The Morgan fingerprint density at radius 3 is 2.68 bits per heavy atom. The average molecular weight is 301 g/mol. The van der Waals surface area contributed by atoms with E-state index in [2.05, 4.69) is 10.2 Å². The van der Waals surface area contributed by atoms with Crippen LogP contribution in [0.3, 0.4) is 0 Å². The Bertz CT molecular complexity index is 799. The number of likely N-dealkylation sites (tertiary alicyclic amines) is 1. The Hall–Kier alpha value is -2.70. The van der Waals surface area contributed by atoms with E-state index in [0.717, 1.165) is 12.8 Å². The summed E-state index contributed by atoms with van der Waals surface area (Å²) in [6.07, 6.45) is 1.97. The molecule has 0 unspecified atom stereocenters. The van der Waals surface area contributed by atoms with Crippen LogP contribution in [-0.2, 0) is 4.79 Å². The Balaban J connectivity index is 2.07.